The molecule has 0 spiro atoms. The molecule has 6 heteroatoms. The van der Waals surface area contributed by atoms with E-state index in [0.717, 1.165) is 25.3 Å². The molecule has 2 atom stereocenters. The summed E-state index contributed by atoms with van der Waals surface area (Å²) in [6, 6.07) is 0.143. The number of nitrogens with zero attached hydrogens (tertiary/aromatic N) is 5. The highest BCUT2D eigenvalue weighted by atomic mass is 16.5. The Morgan fingerprint density at radius 2 is 2.23 bits per heavy atom. The molecule has 6 nitrogen and oxygen atoms in total. The van der Waals surface area contributed by atoms with Gasteiger partial charge in [0, 0.05) is 37.8 Å². The summed E-state index contributed by atoms with van der Waals surface area (Å²) in [6.07, 6.45) is 6.24. The molecule has 2 aromatic rings. The van der Waals surface area contributed by atoms with Gasteiger partial charge < -0.3 is 9.09 Å². The van der Waals surface area contributed by atoms with Crippen molar-refractivity contribution < 1.29 is 4.52 Å². The molecule has 0 aromatic carbocycles. The lowest BCUT2D eigenvalue weighted by Crippen LogP contribution is -2.33. The first-order valence-corrected chi connectivity index (χ1v) is 8.08. The average Bonchev–Trinajstić information content (AvgIpc) is 3.15. The minimum Gasteiger partial charge on any atom is -0.338 e. The summed E-state index contributed by atoms with van der Waals surface area (Å²) in [6.45, 7) is 8.36. The molecule has 0 unspecified atom stereocenters. The molecule has 0 saturated heterocycles. The van der Waals surface area contributed by atoms with Gasteiger partial charge in [0.1, 0.15) is 5.82 Å². The topological polar surface area (TPSA) is 60.0 Å². The zero-order valence-corrected chi connectivity index (χ0v) is 13.9. The van der Waals surface area contributed by atoms with Crippen molar-refractivity contribution in [3.05, 3.63) is 29.9 Å². The maximum atomic E-state index is 5.42. The third-order valence-corrected chi connectivity index (χ3v) is 4.57. The van der Waals surface area contributed by atoms with Crippen molar-refractivity contribution in [3.63, 3.8) is 0 Å². The normalized spacial score (nSPS) is 19.6. The minimum atomic E-state index is 0.143. The molecule has 0 radical (unpaired) electrons. The first-order chi connectivity index (χ1) is 10.5. The number of hydrogen-bond donors (Lipinski definition) is 0. The number of fused-ring (bicyclic) bond motifs is 1. The van der Waals surface area contributed by atoms with Gasteiger partial charge in [0.05, 0.1) is 6.04 Å². The van der Waals surface area contributed by atoms with Crippen molar-refractivity contribution in [2.75, 3.05) is 13.6 Å². The first-order valence-electron chi connectivity index (χ1n) is 8.08. The summed E-state index contributed by atoms with van der Waals surface area (Å²) in [5.41, 5.74) is 0. The highest BCUT2D eigenvalue weighted by molar-refractivity contribution is 4.98. The molecular formula is C16H25N5O. The molecule has 1 aliphatic heterocycles. The van der Waals surface area contributed by atoms with E-state index in [0.29, 0.717) is 17.7 Å². The lowest BCUT2D eigenvalue weighted by molar-refractivity contribution is 0.165. The van der Waals surface area contributed by atoms with E-state index < -0.39 is 0 Å². The molecule has 3 rings (SSSR count). The van der Waals surface area contributed by atoms with Crippen LogP contribution in [-0.4, -0.2) is 38.2 Å². The molecule has 3 heterocycles. The Hall–Kier alpha value is -1.69. The van der Waals surface area contributed by atoms with Crippen LogP contribution in [0.15, 0.2) is 16.9 Å². The summed E-state index contributed by atoms with van der Waals surface area (Å²) in [5.74, 6) is 3.65. The summed E-state index contributed by atoms with van der Waals surface area (Å²) in [4.78, 5) is 11.2. The van der Waals surface area contributed by atoms with Gasteiger partial charge in [-0.2, -0.15) is 4.98 Å². The van der Waals surface area contributed by atoms with E-state index >= 15 is 0 Å². The van der Waals surface area contributed by atoms with E-state index in [9.17, 15) is 0 Å². The molecule has 22 heavy (non-hydrogen) atoms. The lowest BCUT2D eigenvalue weighted by atomic mass is 9.98. The highest BCUT2D eigenvalue weighted by Crippen LogP contribution is 2.24. The third kappa shape index (κ3) is 3.06. The zero-order valence-electron chi connectivity index (χ0n) is 13.9. The fraction of sp³-hybridized carbons (Fsp3) is 0.688. The van der Waals surface area contributed by atoms with Crippen LogP contribution in [0, 0.1) is 5.92 Å². The Morgan fingerprint density at radius 3 is 2.95 bits per heavy atom. The van der Waals surface area contributed by atoms with E-state index in [1.807, 2.05) is 6.20 Å². The van der Waals surface area contributed by atoms with Crippen molar-refractivity contribution >= 4 is 0 Å². The van der Waals surface area contributed by atoms with Crippen LogP contribution >= 0.6 is 0 Å². The standard InChI is InChI=1S/C16H25N5O/c1-11(2)15-18-16(22-19-15)12(3)20(4)9-13-5-6-14-17-7-8-21(14)10-13/h7-8,11-13H,5-6,9-10H2,1-4H3/t12-,13+/m0/s1. The van der Waals surface area contributed by atoms with E-state index in [2.05, 4.69) is 58.6 Å². The predicted molar refractivity (Wildman–Crippen MR) is 83.5 cm³/mol. The second-order valence-corrected chi connectivity index (χ2v) is 6.66. The number of aryl methyl sites for hydroxylation is 1. The fourth-order valence-electron chi connectivity index (χ4n) is 2.99. The minimum absolute atomic E-state index is 0.143. The van der Waals surface area contributed by atoms with Gasteiger partial charge >= 0.3 is 0 Å². The number of hydrogen-bond acceptors (Lipinski definition) is 5. The van der Waals surface area contributed by atoms with Gasteiger partial charge in [0.15, 0.2) is 5.82 Å². The quantitative estimate of drug-likeness (QED) is 0.850. The van der Waals surface area contributed by atoms with Crippen molar-refractivity contribution in [3.8, 4) is 0 Å². The molecule has 0 fully saturated rings. The molecule has 120 valence electrons. The van der Waals surface area contributed by atoms with Crippen LogP contribution in [0.5, 0.6) is 0 Å². The van der Waals surface area contributed by atoms with Gasteiger partial charge in [0.2, 0.25) is 5.89 Å². The van der Waals surface area contributed by atoms with Gasteiger partial charge in [0.25, 0.3) is 0 Å². The summed E-state index contributed by atoms with van der Waals surface area (Å²) in [7, 11) is 2.13. The Bertz CT molecular complexity index is 618. The molecule has 1 aliphatic rings. The van der Waals surface area contributed by atoms with Gasteiger partial charge in [-0.05, 0) is 26.3 Å². The van der Waals surface area contributed by atoms with Crippen LogP contribution in [0.25, 0.3) is 0 Å². The molecule has 0 bridgehead atoms. The SMILES string of the molecule is CC(C)c1noc([C@H](C)N(C)C[C@H]2CCc3nccn3C2)n1. The van der Waals surface area contributed by atoms with Gasteiger partial charge in [-0.1, -0.05) is 19.0 Å². The monoisotopic (exact) mass is 303 g/mol. The third-order valence-electron chi connectivity index (χ3n) is 4.57. The average molecular weight is 303 g/mol. The number of aromatic nitrogens is 4. The summed E-state index contributed by atoms with van der Waals surface area (Å²) in [5, 5.41) is 4.06. The van der Waals surface area contributed by atoms with Gasteiger partial charge in [-0.3, -0.25) is 4.90 Å². The molecule has 0 aliphatic carbocycles. The maximum absolute atomic E-state index is 5.42. The van der Waals surface area contributed by atoms with Crippen LogP contribution in [-0.2, 0) is 13.0 Å². The first kappa shape index (κ1) is 15.2. The van der Waals surface area contributed by atoms with E-state index in [1.54, 1.807) is 0 Å². The smallest absolute Gasteiger partial charge is 0.243 e. The number of imidazole rings is 1. The van der Waals surface area contributed by atoms with Crippen LogP contribution in [0.1, 0.15) is 56.7 Å². The summed E-state index contributed by atoms with van der Waals surface area (Å²) < 4.78 is 7.70. The second kappa shape index (κ2) is 6.20. The second-order valence-electron chi connectivity index (χ2n) is 6.66. The zero-order chi connectivity index (χ0) is 15.7. The Balaban J connectivity index is 1.60. The lowest BCUT2D eigenvalue weighted by Gasteiger charge is -2.30. The maximum Gasteiger partial charge on any atom is 0.243 e. The molecule has 0 N–H and O–H groups in total. The van der Waals surface area contributed by atoms with Crippen LogP contribution < -0.4 is 0 Å². The summed E-state index contributed by atoms with van der Waals surface area (Å²) >= 11 is 0. The van der Waals surface area contributed by atoms with Crippen LogP contribution in [0.3, 0.4) is 0 Å². The molecule has 0 amide bonds. The van der Waals surface area contributed by atoms with E-state index in [-0.39, 0.29) is 6.04 Å². The predicted octanol–water partition coefficient (Wildman–Crippen LogP) is 2.64. The Morgan fingerprint density at radius 1 is 1.41 bits per heavy atom. The highest BCUT2D eigenvalue weighted by Gasteiger charge is 2.25. The Labute approximate surface area is 131 Å². The van der Waals surface area contributed by atoms with Gasteiger partial charge in [-0.15, -0.1) is 0 Å². The van der Waals surface area contributed by atoms with E-state index in [1.165, 1.54) is 12.2 Å². The van der Waals surface area contributed by atoms with Gasteiger partial charge in [-0.25, -0.2) is 4.98 Å². The van der Waals surface area contributed by atoms with Crippen molar-refractivity contribution in [1.82, 2.24) is 24.6 Å². The molecular weight excluding hydrogens is 278 g/mol. The van der Waals surface area contributed by atoms with Crippen LogP contribution in [0.2, 0.25) is 0 Å². The number of rotatable bonds is 5. The largest absolute Gasteiger partial charge is 0.338 e. The van der Waals surface area contributed by atoms with Crippen molar-refractivity contribution in [2.45, 2.75) is 52.1 Å². The molecule has 2 aromatic heterocycles. The molecule has 0 saturated carbocycles. The van der Waals surface area contributed by atoms with Crippen molar-refractivity contribution in [2.24, 2.45) is 5.92 Å². The Kier molecular flexibility index (Phi) is 4.29. The van der Waals surface area contributed by atoms with Crippen molar-refractivity contribution in [1.29, 1.82) is 0 Å². The van der Waals surface area contributed by atoms with E-state index in [4.69, 9.17) is 4.52 Å². The fourth-order valence-corrected chi connectivity index (χ4v) is 2.99. The van der Waals surface area contributed by atoms with Crippen LogP contribution in [0.4, 0.5) is 0 Å².